The molecule has 0 saturated heterocycles. The fraction of sp³-hybridized carbons (Fsp3) is 0.387. The maximum atomic E-state index is 13.4. The standard InChI is InChI=1S/C31H41N7O6/c32-15-7-6-12-24(36-28(40)22(33)17-20-18-35-23-11-5-4-10-21(20)23)29(41)37-25(13-14-27(34)39)30(42)38-26(31(43)44)16-19-8-2-1-3-9-19/h1-5,8-11,18,22,24-26,35H,6-7,12-17,32-33H2,(H2,34,39)(H,36,40)(H,37,41)(H,38,42)(H,43,44). The zero-order valence-electron chi connectivity index (χ0n) is 24.5. The average molecular weight is 608 g/mol. The van der Waals surface area contributed by atoms with E-state index in [4.69, 9.17) is 17.2 Å². The van der Waals surface area contributed by atoms with Crippen LogP contribution in [0.3, 0.4) is 0 Å². The van der Waals surface area contributed by atoms with Crippen LogP contribution in [0.1, 0.15) is 43.2 Å². The lowest BCUT2D eigenvalue weighted by molar-refractivity contribution is -0.142. The van der Waals surface area contributed by atoms with Gasteiger partial charge in [-0.05, 0) is 55.8 Å². The molecule has 1 aromatic heterocycles. The highest BCUT2D eigenvalue weighted by Gasteiger charge is 2.30. The Morgan fingerprint density at radius 1 is 0.773 bits per heavy atom. The number of primary amides is 1. The molecule has 3 aromatic rings. The Kier molecular flexibility index (Phi) is 12.9. The molecule has 0 aliphatic rings. The molecule has 4 atom stereocenters. The molecule has 0 aliphatic heterocycles. The van der Waals surface area contributed by atoms with Gasteiger partial charge in [0.25, 0.3) is 0 Å². The van der Waals surface area contributed by atoms with E-state index in [0.717, 1.165) is 16.5 Å². The third kappa shape index (κ3) is 10.2. The van der Waals surface area contributed by atoms with Gasteiger partial charge in [0, 0.05) is 29.9 Å². The number of para-hydroxylation sites is 1. The number of hydrogen-bond acceptors (Lipinski definition) is 7. The molecule has 1 heterocycles. The summed E-state index contributed by atoms with van der Waals surface area (Å²) < 4.78 is 0. The number of nitrogens with one attached hydrogen (secondary N) is 4. The number of nitrogens with two attached hydrogens (primary N) is 3. The molecule has 236 valence electrons. The lowest BCUT2D eigenvalue weighted by Crippen LogP contribution is -2.57. The number of aliphatic carboxylic acids is 1. The number of fused-ring (bicyclic) bond motifs is 1. The average Bonchev–Trinajstić information content (AvgIpc) is 3.41. The number of carboxylic acid groups (broad SMARTS) is 1. The number of rotatable bonds is 18. The van der Waals surface area contributed by atoms with E-state index in [-0.39, 0.29) is 32.1 Å². The SMILES string of the molecule is NCCCCC(NC(=O)C(N)Cc1c[nH]c2ccccc12)C(=O)NC(CCC(N)=O)C(=O)NC(Cc1ccccc1)C(=O)O. The molecule has 0 radical (unpaired) electrons. The minimum Gasteiger partial charge on any atom is -0.480 e. The number of carboxylic acids is 1. The molecule has 4 unspecified atom stereocenters. The summed E-state index contributed by atoms with van der Waals surface area (Å²) in [4.78, 5) is 66.4. The number of amides is 4. The van der Waals surface area contributed by atoms with Crippen LogP contribution in [0.4, 0.5) is 0 Å². The number of aromatic nitrogens is 1. The van der Waals surface area contributed by atoms with E-state index in [1.54, 1.807) is 36.5 Å². The second-order valence-corrected chi connectivity index (χ2v) is 10.7. The number of unbranched alkanes of at least 4 members (excludes halogenated alkanes) is 1. The monoisotopic (exact) mass is 607 g/mol. The summed E-state index contributed by atoms with van der Waals surface area (Å²) in [6.07, 6.45) is 2.90. The summed E-state index contributed by atoms with van der Waals surface area (Å²) in [6, 6.07) is 11.7. The van der Waals surface area contributed by atoms with E-state index in [9.17, 15) is 29.1 Å². The first-order valence-electron chi connectivity index (χ1n) is 14.6. The van der Waals surface area contributed by atoms with Crippen LogP contribution in [0.15, 0.2) is 60.8 Å². The Hall–Kier alpha value is -4.75. The van der Waals surface area contributed by atoms with Crippen molar-refractivity contribution in [3.63, 3.8) is 0 Å². The van der Waals surface area contributed by atoms with Gasteiger partial charge in [0.05, 0.1) is 6.04 Å². The minimum atomic E-state index is -1.29. The van der Waals surface area contributed by atoms with Crippen LogP contribution in [-0.4, -0.2) is 70.4 Å². The fourth-order valence-corrected chi connectivity index (χ4v) is 4.82. The Morgan fingerprint density at radius 3 is 2.05 bits per heavy atom. The summed E-state index contributed by atoms with van der Waals surface area (Å²) in [7, 11) is 0. The summed E-state index contributed by atoms with van der Waals surface area (Å²) in [5, 5.41) is 18.4. The van der Waals surface area contributed by atoms with E-state index in [2.05, 4.69) is 20.9 Å². The molecule has 0 bridgehead atoms. The Balaban J connectivity index is 1.71. The molecule has 0 saturated carbocycles. The van der Waals surface area contributed by atoms with Gasteiger partial charge in [0.1, 0.15) is 18.1 Å². The van der Waals surface area contributed by atoms with E-state index in [1.165, 1.54) is 0 Å². The molecule has 0 aliphatic carbocycles. The van der Waals surface area contributed by atoms with Crippen LogP contribution in [0.25, 0.3) is 10.9 Å². The van der Waals surface area contributed by atoms with Gasteiger partial charge in [0.15, 0.2) is 0 Å². The van der Waals surface area contributed by atoms with E-state index in [1.807, 2.05) is 24.3 Å². The first-order valence-corrected chi connectivity index (χ1v) is 14.6. The highest BCUT2D eigenvalue weighted by molar-refractivity contribution is 5.94. The van der Waals surface area contributed by atoms with Crippen LogP contribution in [-0.2, 0) is 36.8 Å². The molecule has 0 fully saturated rings. The van der Waals surface area contributed by atoms with Crippen molar-refractivity contribution >= 4 is 40.5 Å². The Bertz CT molecular complexity index is 1430. The van der Waals surface area contributed by atoms with Crippen molar-refractivity contribution < 1.29 is 29.1 Å². The minimum absolute atomic E-state index is 0.00445. The molecule has 13 nitrogen and oxygen atoms in total. The van der Waals surface area contributed by atoms with Gasteiger partial charge in [0.2, 0.25) is 23.6 Å². The third-order valence-electron chi connectivity index (χ3n) is 7.24. The highest BCUT2D eigenvalue weighted by Crippen LogP contribution is 2.19. The quantitative estimate of drug-likeness (QED) is 0.0929. The molecule has 13 heteroatoms. The second kappa shape index (κ2) is 16.8. The molecule has 0 spiro atoms. The Morgan fingerprint density at radius 2 is 1.39 bits per heavy atom. The molecule has 3 rings (SSSR count). The Labute approximate surface area is 255 Å². The second-order valence-electron chi connectivity index (χ2n) is 10.7. The molecular weight excluding hydrogens is 566 g/mol. The van der Waals surface area contributed by atoms with Gasteiger partial charge in [-0.2, -0.15) is 0 Å². The van der Waals surface area contributed by atoms with Gasteiger partial charge in [-0.25, -0.2) is 4.79 Å². The summed E-state index contributed by atoms with van der Waals surface area (Å²) in [6.45, 7) is 0.379. The highest BCUT2D eigenvalue weighted by atomic mass is 16.4. The van der Waals surface area contributed by atoms with Crippen molar-refractivity contribution in [1.29, 1.82) is 0 Å². The van der Waals surface area contributed by atoms with Crippen LogP contribution >= 0.6 is 0 Å². The van der Waals surface area contributed by atoms with Crippen molar-refractivity contribution in [1.82, 2.24) is 20.9 Å². The van der Waals surface area contributed by atoms with Gasteiger partial charge < -0.3 is 43.2 Å². The van der Waals surface area contributed by atoms with Crippen LogP contribution in [0.5, 0.6) is 0 Å². The maximum Gasteiger partial charge on any atom is 0.326 e. The maximum absolute atomic E-state index is 13.4. The largest absolute Gasteiger partial charge is 0.480 e. The number of hydrogen-bond donors (Lipinski definition) is 8. The van der Waals surface area contributed by atoms with Gasteiger partial charge in [-0.3, -0.25) is 19.2 Å². The smallest absolute Gasteiger partial charge is 0.326 e. The van der Waals surface area contributed by atoms with E-state index < -0.39 is 53.8 Å². The molecular formula is C31H41N7O6. The lowest BCUT2D eigenvalue weighted by Gasteiger charge is -2.25. The molecule has 44 heavy (non-hydrogen) atoms. The van der Waals surface area contributed by atoms with Crippen molar-refractivity contribution in [2.75, 3.05) is 6.54 Å². The van der Waals surface area contributed by atoms with Crippen molar-refractivity contribution in [3.8, 4) is 0 Å². The van der Waals surface area contributed by atoms with E-state index >= 15 is 0 Å². The molecule has 2 aromatic carbocycles. The van der Waals surface area contributed by atoms with Gasteiger partial charge in [-0.15, -0.1) is 0 Å². The first kappa shape index (κ1) is 33.7. The zero-order chi connectivity index (χ0) is 32.1. The van der Waals surface area contributed by atoms with Gasteiger partial charge >= 0.3 is 5.97 Å². The number of aromatic amines is 1. The molecule has 11 N–H and O–H groups in total. The first-order chi connectivity index (χ1) is 21.1. The summed E-state index contributed by atoms with van der Waals surface area (Å²) in [5.41, 5.74) is 19.6. The summed E-state index contributed by atoms with van der Waals surface area (Å²) >= 11 is 0. The van der Waals surface area contributed by atoms with Crippen LogP contribution in [0.2, 0.25) is 0 Å². The zero-order valence-corrected chi connectivity index (χ0v) is 24.5. The number of carbonyl (C=O) groups is 5. The number of benzene rings is 2. The summed E-state index contributed by atoms with van der Waals surface area (Å²) in [5.74, 6) is -4.01. The van der Waals surface area contributed by atoms with Crippen LogP contribution in [0, 0.1) is 0 Å². The van der Waals surface area contributed by atoms with E-state index in [0.29, 0.717) is 24.9 Å². The normalized spacial score (nSPS) is 13.8. The fourth-order valence-electron chi connectivity index (χ4n) is 4.82. The van der Waals surface area contributed by atoms with Crippen molar-refractivity contribution in [3.05, 3.63) is 71.9 Å². The van der Waals surface area contributed by atoms with Crippen molar-refractivity contribution in [2.45, 2.75) is 69.1 Å². The van der Waals surface area contributed by atoms with Gasteiger partial charge in [-0.1, -0.05) is 48.5 Å². The number of carbonyl (C=O) groups excluding carboxylic acids is 4. The predicted molar refractivity (Wildman–Crippen MR) is 165 cm³/mol. The van der Waals surface area contributed by atoms with Crippen LogP contribution < -0.4 is 33.2 Å². The lowest BCUT2D eigenvalue weighted by atomic mass is 10.0. The topological polar surface area (TPSA) is 236 Å². The number of H-pyrrole nitrogens is 1. The molecule has 4 amide bonds. The van der Waals surface area contributed by atoms with Crippen molar-refractivity contribution in [2.24, 2.45) is 17.2 Å². The third-order valence-corrected chi connectivity index (χ3v) is 7.24. The predicted octanol–water partition coefficient (Wildman–Crippen LogP) is 0.214.